The summed E-state index contributed by atoms with van der Waals surface area (Å²) in [4.78, 5) is 1.18. The van der Waals surface area contributed by atoms with Gasteiger partial charge in [-0.05, 0) is 24.6 Å². The van der Waals surface area contributed by atoms with Crippen LogP contribution in [0.25, 0.3) is 0 Å². The van der Waals surface area contributed by atoms with E-state index in [0.29, 0.717) is 5.25 Å². The Morgan fingerprint density at radius 2 is 2.38 bits per heavy atom. The summed E-state index contributed by atoms with van der Waals surface area (Å²) in [5, 5.41) is 9.34. The lowest BCUT2D eigenvalue weighted by Gasteiger charge is -2.06. The van der Waals surface area contributed by atoms with Crippen molar-refractivity contribution in [3.8, 4) is 0 Å². The van der Waals surface area contributed by atoms with Gasteiger partial charge < -0.3 is 5.11 Å². The second kappa shape index (κ2) is 5.10. The maximum absolute atomic E-state index is 8.92. The molecule has 0 saturated carbocycles. The average molecular weight is 194 g/mol. The molecule has 1 unspecified atom stereocenters. The Balaban J connectivity index is 2.71. The summed E-state index contributed by atoms with van der Waals surface area (Å²) in [6.07, 6.45) is 1.91. The molecule has 1 aromatic carbocycles. The van der Waals surface area contributed by atoms with E-state index in [1.165, 1.54) is 4.90 Å². The Hall–Kier alpha value is -0.730. The van der Waals surface area contributed by atoms with Gasteiger partial charge in [0.2, 0.25) is 0 Å². The van der Waals surface area contributed by atoms with Crippen LogP contribution in [0.4, 0.5) is 0 Å². The molecule has 0 spiro atoms. The van der Waals surface area contributed by atoms with Crippen LogP contribution >= 0.6 is 11.8 Å². The highest BCUT2D eigenvalue weighted by atomic mass is 32.2. The summed E-state index contributed by atoms with van der Waals surface area (Å²) in [7, 11) is 0. The Bertz CT molecular complexity index is 283. The molecule has 1 nitrogen and oxygen atoms in total. The van der Waals surface area contributed by atoms with E-state index in [-0.39, 0.29) is 6.61 Å². The van der Waals surface area contributed by atoms with Crippen molar-refractivity contribution in [3.63, 3.8) is 0 Å². The van der Waals surface area contributed by atoms with Gasteiger partial charge in [-0.25, -0.2) is 0 Å². The zero-order chi connectivity index (χ0) is 9.68. The van der Waals surface area contributed by atoms with Crippen LogP contribution in [0.1, 0.15) is 12.5 Å². The minimum Gasteiger partial charge on any atom is -0.392 e. The molecule has 0 aliphatic rings. The first kappa shape index (κ1) is 10.4. The van der Waals surface area contributed by atoms with E-state index in [1.807, 2.05) is 30.3 Å². The third-order valence-electron chi connectivity index (χ3n) is 1.73. The molecule has 0 bridgehead atoms. The summed E-state index contributed by atoms with van der Waals surface area (Å²) in [5.41, 5.74) is 0.960. The van der Waals surface area contributed by atoms with Crippen molar-refractivity contribution in [1.82, 2.24) is 0 Å². The van der Waals surface area contributed by atoms with E-state index in [4.69, 9.17) is 5.11 Å². The van der Waals surface area contributed by atoms with Gasteiger partial charge in [-0.2, -0.15) is 0 Å². The molecule has 0 heterocycles. The smallest absolute Gasteiger partial charge is 0.0682 e. The molecule has 1 rings (SSSR count). The molecule has 0 aliphatic carbocycles. The van der Waals surface area contributed by atoms with Gasteiger partial charge in [-0.15, -0.1) is 18.3 Å². The number of hydrogen-bond acceptors (Lipinski definition) is 2. The minimum atomic E-state index is 0.108. The quantitative estimate of drug-likeness (QED) is 0.587. The summed E-state index contributed by atoms with van der Waals surface area (Å²) in [6, 6.07) is 7.93. The zero-order valence-corrected chi connectivity index (χ0v) is 8.55. The van der Waals surface area contributed by atoms with E-state index in [0.717, 1.165) is 5.56 Å². The number of aliphatic hydroxyl groups is 1. The van der Waals surface area contributed by atoms with E-state index in [1.54, 1.807) is 11.8 Å². The second-order valence-corrected chi connectivity index (χ2v) is 4.31. The number of aliphatic hydroxyl groups excluding tert-OH is 1. The van der Waals surface area contributed by atoms with Gasteiger partial charge in [0.05, 0.1) is 6.61 Å². The molecular formula is C11H14OS. The van der Waals surface area contributed by atoms with Gasteiger partial charge in [0.15, 0.2) is 0 Å². The first-order valence-electron chi connectivity index (χ1n) is 4.25. The van der Waals surface area contributed by atoms with Gasteiger partial charge in [-0.1, -0.05) is 18.2 Å². The van der Waals surface area contributed by atoms with Crippen LogP contribution in [-0.2, 0) is 6.61 Å². The van der Waals surface area contributed by atoms with Crippen molar-refractivity contribution in [1.29, 1.82) is 0 Å². The highest BCUT2D eigenvalue weighted by Gasteiger charge is 1.99. The fourth-order valence-electron chi connectivity index (χ4n) is 0.980. The Morgan fingerprint density at radius 3 is 3.00 bits per heavy atom. The van der Waals surface area contributed by atoms with Gasteiger partial charge >= 0.3 is 0 Å². The fraction of sp³-hybridized carbons (Fsp3) is 0.273. The highest BCUT2D eigenvalue weighted by Crippen LogP contribution is 2.24. The van der Waals surface area contributed by atoms with Gasteiger partial charge in [0, 0.05) is 10.1 Å². The first-order valence-corrected chi connectivity index (χ1v) is 5.13. The van der Waals surface area contributed by atoms with E-state index >= 15 is 0 Å². The van der Waals surface area contributed by atoms with Crippen molar-refractivity contribution in [2.24, 2.45) is 0 Å². The summed E-state index contributed by atoms with van der Waals surface area (Å²) >= 11 is 1.74. The predicted molar refractivity (Wildman–Crippen MR) is 57.9 cm³/mol. The van der Waals surface area contributed by atoms with Gasteiger partial charge in [0.1, 0.15) is 0 Å². The molecule has 0 aliphatic heterocycles. The second-order valence-electron chi connectivity index (χ2n) is 2.86. The van der Waals surface area contributed by atoms with E-state index in [2.05, 4.69) is 13.5 Å². The van der Waals surface area contributed by atoms with Gasteiger partial charge in [-0.3, -0.25) is 0 Å². The predicted octanol–water partition coefficient (Wildman–Crippen LogP) is 2.85. The number of rotatable bonds is 4. The average Bonchev–Trinajstić information content (AvgIpc) is 2.18. The van der Waals surface area contributed by atoms with Crippen molar-refractivity contribution in [3.05, 3.63) is 42.5 Å². The number of benzene rings is 1. The van der Waals surface area contributed by atoms with Crippen molar-refractivity contribution >= 4 is 11.8 Å². The molecule has 1 aromatic rings. The standard InChI is InChI=1S/C11H14OS/c1-3-9(2)13-11-6-4-5-10(7-11)8-12/h3-7,9,12H,1,8H2,2H3. The molecule has 0 amide bonds. The molecule has 0 radical (unpaired) electrons. The van der Waals surface area contributed by atoms with Crippen LogP contribution in [0.2, 0.25) is 0 Å². The molecular weight excluding hydrogens is 180 g/mol. The Morgan fingerprint density at radius 1 is 1.62 bits per heavy atom. The van der Waals surface area contributed by atoms with Crippen molar-refractivity contribution in [2.75, 3.05) is 0 Å². The fourth-order valence-corrected chi connectivity index (χ4v) is 1.88. The van der Waals surface area contributed by atoms with Crippen LogP contribution in [0.15, 0.2) is 41.8 Å². The first-order chi connectivity index (χ1) is 6.26. The molecule has 1 N–H and O–H groups in total. The number of thioether (sulfide) groups is 1. The molecule has 0 fully saturated rings. The van der Waals surface area contributed by atoms with E-state index < -0.39 is 0 Å². The van der Waals surface area contributed by atoms with Crippen LogP contribution in [0, 0.1) is 0 Å². The summed E-state index contributed by atoms with van der Waals surface area (Å²) < 4.78 is 0. The van der Waals surface area contributed by atoms with Crippen LogP contribution in [-0.4, -0.2) is 10.4 Å². The molecule has 2 heteroatoms. The summed E-state index contributed by atoms with van der Waals surface area (Å²) in [6.45, 7) is 5.94. The largest absolute Gasteiger partial charge is 0.392 e. The van der Waals surface area contributed by atoms with Crippen LogP contribution < -0.4 is 0 Å². The molecule has 0 aromatic heterocycles. The van der Waals surface area contributed by atoms with E-state index in [9.17, 15) is 0 Å². The Kier molecular flexibility index (Phi) is 4.06. The zero-order valence-electron chi connectivity index (χ0n) is 7.73. The lowest BCUT2D eigenvalue weighted by molar-refractivity contribution is 0.281. The van der Waals surface area contributed by atoms with Crippen molar-refractivity contribution < 1.29 is 5.11 Å². The third kappa shape index (κ3) is 3.25. The molecule has 1 atom stereocenters. The molecule has 70 valence electrons. The summed E-state index contributed by atoms with van der Waals surface area (Å²) in [5.74, 6) is 0. The van der Waals surface area contributed by atoms with Crippen molar-refractivity contribution in [2.45, 2.75) is 23.7 Å². The number of hydrogen-bond donors (Lipinski definition) is 1. The Labute approximate surface area is 83.5 Å². The lowest BCUT2D eigenvalue weighted by atomic mass is 10.2. The molecule has 13 heavy (non-hydrogen) atoms. The highest BCUT2D eigenvalue weighted by molar-refractivity contribution is 8.00. The monoisotopic (exact) mass is 194 g/mol. The minimum absolute atomic E-state index is 0.108. The normalized spacial score (nSPS) is 12.5. The molecule has 0 saturated heterocycles. The SMILES string of the molecule is C=CC(C)Sc1cccc(CO)c1. The van der Waals surface area contributed by atoms with Gasteiger partial charge in [0.25, 0.3) is 0 Å². The third-order valence-corrected chi connectivity index (χ3v) is 2.83. The topological polar surface area (TPSA) is 20.2 Å². The maximum Gasteiger partial charge on any atom is 0.0682 e. The maximum atomic E-state index is 8.92. The van der Waals surface area contributed by atoms with Crippen LogP contribution in [0.3, 0.4) is 0 Å². The van der Waals surface area contributed by atoms with Crippen LogP contribution in [0.5, 0.6) is 0 Å². The lowest BCUT2D eigenvalue weighted by Crippen LogP contribution is -1.89.